The second-order valence-electron chi connectivity index (χ2n) is 5.13. The Labute approximate surface area is 162 Å². The van der Waals surface area contributed by atoms with Gasteiger partial charge in [-0.15, -0.1) is 10.2 Å². The third kappa shape index (κ3) is 6.32. The molecule has 0 fully saturated rings. The van der Waals surface area contributed by atoms with Gasteiger partial charge in [0.25, 0.3) is 0 Å². The highest BCUT2D eigenvalue weighted by Gasteiger charge is 2.12. The molecule has 0 bridgehead atoms. The molecule has 1 aromatic carbocycles. The van der Waals surface area contributed by atoms with Gasteiger partial charge in [-0.1, -0.05) is 47.0 Å². The second-order valence-corrected chi connectivity index (χ2v) is 8.55. The number of hydrogen-bond donors (Lipinski definition) is 3. The summed E-state index contributed by atoms with van der Waals surface area (Å²) in [4.78, 5) is 34.5. The number of amides is 4. The third-order valence-electron chi connectivity index (χ3n) is 3.16. The van der Waals surface area contributed by atoms with Crippen molar-refractivity contribution in [2.75, 3.05) is 16.8 Å². The van der Waals surface area contributed by atoms with Gasteiger partial charge in [0, 0.05) is 5.69 Å². The van der Waals surface area contributed by atoms with Crippen LogP contribution in [-0.4, -0.2) is 39.5 Å². The maximum absolute atomic E-state index is 11.9. The number of aromatic nitrogens is 2. The van der Waals surface area contributed by atoms with Gasteiger partial charge in [0.1, 0.15) is 0 Å². The Morgan fingerprint density at radius 2 is 1.77 bits per heavy atom. The van der Waals surface area contributed by atoms with Crippen molar-refractivity contribution in [2.24, 2.45) is 5.73 Å². The van der Waals surface area contributed by atoms with Crippen LogP contribution in [0.5, 0.6) is 0 Å². The van der Waals surface area contributed by atoms with Crippen LogP contribution >= 0.6 is 34.9 Å². The van der Waals surface area contributed by atoms with Crippen LogP contribution in [-0.2, 0) is 9.59 Å². The van der Waals surface area contributed by atoms with Crippen molar-refractivity contribution in [3.05, 3.63) is 29.3 Å². The van der Waals surface area contributed by atoms with Gasteiger partial charge >= 0.3 is 6.03 Å². The molecule has 0 spiro atoms. The molecule has 0 saturated carbocycles. The van der Waals surface area contributed by atoms with Gasteiger partial charge in [0.15, 0.2) is 8.68 Å². The molecule has 2 aromatic rings. The molecule has 1 aromatic heterocycles. The molecule has 0 aliphatic carbocycles. The van der Waals surface area contributed by atoms with Gasteiger partial charge in [-0.2, -0.15) is 0 Å². The number of carbonyl (C=O) groups is 3. The zero-order chi connectivity index (χ0) is 19.1. The second kappa shape index (κ2) is 9.55. The molecule has 1 heterocycles. The summed E-state index contributed by atoms with van der Waals surface area (Å²) in [6.45, 7) is 3.84. The largest absolute Gasteiger partial charge is 0.369 e. The lowest BCUT2D eigenvalue weighted by atomic mass is 10.1. The topological polar surface area (TPSA) is 127 Å². The molecule has 8 nitrogen and oxygen atoms in total. The number of urea groups is 1. The SMILES string of the molecule is Cc1cccc(NC(=O)NC(=O)CSc2nnc(SCC(N)=O)s2)c1C. The first-order valence-corrected chi connectivity index (χ1v) is 10.2. The van der Waals surface area contributed by atoms with Gasteiger partial charge < -0.3 is 11.1 Å². The number of carbonyl (C=O) groups excluding carboxylic acids is 3. The highest BCUT2D eigenvalue weighted by atomic mass is 32.2. The van der Waals surface area contributed by atoms with E-state index in [9.17, 15) is 14.4 Å². The lowest BCUT2D eigenvalue weighted by Crippen LogP contribution is -2.35. The van der Waals surface area contributed by atoms with Crippen molar-refractivity contribution in [1.29, 1.82) is 0 Å². The van der Waals surface area contributed by atoms with Crippen molar-refractivity contribution < 1.29 is 14.4 Å². The number of anilines is 1. The molecule has 4 N–H and O–H groups in total. The number of nitrogens with one attached hydrogen (secondary N) is 2. The molecule has 26 heavy (non-hydrogen) atoms. The minimum absolute atomic E-state index is 0.0232. The number of hydrogen-bond acceptors (Lipinski definition) is 8. The molecule has 138 valence electrons. The van der Waals surface area contributed by atoms with Gasteiger partial charge in [0.05, 0.1) is 11.5 Å². The standard InChI is InChI=1S/C15H17N5O3S3/c1-8-4-3-5-10(9(8)2)17-13(23)18-12(22)7-25-15-20-19-14(26-15)24-6-11(16)21/h3-5H,6-7H2,1-2H3,(H2,16,21)(H2,17,18,22,23). The van der Waals surface area contributed by atoms with Gasteiger partial charge in [-0.05, 0) is 31.0 Å². The van der Waals surface area contributed by atoms with Crippen LogP contribution in [0.25, 0.3) is 0 Å². The molecule has 0 aliphatic heterocycles. The molecular formula is C15H17N5O3S3. The Morgan fingerprint density at radius 3 is 2.42 bits per heavy atom. The maximum Gasteiger partial charge on any atom is 0.325 e. The summed E-state index contributed by atoms with van der Waals surface area (Å²) in [7, 11) is 0. The molecule has 0 unspecified atom stereocenters. The van der Waals surface area contributed by atoms with E-state index in [4.69, 9.17) is 5.73 Å². The highest BCUT2D eigenvalue weighted by Crippen LogP contribution is 2.28. The summed E-state index contributed by atoms with van der Waals surface area (Å²) in [6, 6.07) is 4.96. The fraction of sp³-hybridized carbons (Fsp3) is 0.267. The first-order chi connectivity index (χ1) is 12.3. The number of nitrogens with zero attached hydrogens (tertiary/aromatic N) is 2. The Kier molecular flexibility index (Phi) is 7.42. The van der Waals surface area contributed by atoms with Crippen LogP contribution in [0, 0.1) is 13.8 Å². The van der Waals surface area contributed by atoms with Crippen LogP contribution in [0.3, 0.4) is 0 Å². The Bertz CT molecular complexity index is 825. The summed E-state index contributed by atoms with van der Waals surface area (Å²) < 4.78 is 1.17. The predicted octanol–water partition coefficient (Wildman–Crippen LogP) is 2.17. The highest BCUT2D eigenvalue weighted by molar-refractivity contribution is 8.03. The minimum Gasteiger partial charge on any atom is -0.369 e. The van der Waals surface area contributed by atoms with Crippen molar-refractivity contribution in [2.45, 2.75) is 22.5 Å². The summed E-state index contributed by atoms with van der Waals surface area (Å²) in [5.41, 5.74) is 7.71. The monoisotopic (exact) mass is 411 g/mol. The molecule has 0 radical (unpaired) electrons. The number of imide groups is 1. The van der Waals surface area contributed by atoms with Crippen LogP contribution in [0.2, 0.25) is 0 Å². The number of thioether (sulfide) groups is 2. The summed E-state index contributed by atoms with van der Waals surface area (Å²) in [5, 5.41) is 12.7. The van der Waals surface area contributed by atoms with Gasteiger partial charge in [-0.25, -0.2) is 4.79 Å². The normalized spacial score (nSPS) is 10.4. The molecular weight excluding hydrogens is 394 g/mol. The molecule has 0 saturated heterocycles. The average molecular weight is 412 g/mol. The van der Waals surface area contributed by atoms with Crippen molar-refractivity contribution in [3.63, 3.8) is 0 Å². The maximum atomic E-state index is 11.9. The molecule has 2 rings (SSSR count). The summed E-state index contributed by atoms with van der Waals surface area (Å²) in [5.74, 6) is -0.735. The van der Waals surface area contributed by atoms with E-state index in [0.717, 1.165) is 22.9 Å². The van der Waals surface area contributed by atoms with E-state index in [-0.39, 0.29) is 11.5 Å². The lowest BCUT2D eigenvalue weighted by molar-refractivity contribution is -0.117. The third-order valence-corrected chi connectivity index (χ3v) is 6.37. The zero-order valence-electron chi connectivity index (χ0n) is 14.1. The van der Waals surface area contributed by atoms with E-state index in [1.165, 1.54) is 23.1 Å². The van der Waals surface area contributed by atoms with Crippen LogP contribution in [0.4, 0.5) is 10.5 Å². The smallest absolute Gasteiger partial charge is 0.325 e. The summed E-state index contributed by atoms with van der Waals surface area (Å²) in [6.07, 6.45) is 0. The lowest BCUT2D eigenvalue weighted by Gasteiger charge is -2.10. The average Bonchev–Trinajstić information content (AvgIpc) is 3.03. The first kappa shape index (κ1) is 20.2. The Balaban J connectivity index is 1.78. The number of nitrogens with two attached hydrogens (primary N) is 1. The number of aryl methyl sites for hydroxylation is 1. The minimum atomic E-state index is -0.584. The Hall–Kier alpha value is -2.11. The van der Waals surface area contributed by atoms with Crippen LogP contribution in [0.1, 0.15) is 11.1 Å². The first-order valence-electron chi connectivity index (χ1n) is 7.39. The fourth-order valence-corrected chi connectivity index (χ4v) is 4.34. The van der Waals surface area contributed by atoms with E-state index < -0.39 is 17.8 Å². The fourth-order valence-electron chi connectivity index (χ4n) is 1.78. The van der Waals surface area contributed by atoms with Gasteiger partial charge in [0.2, 0.25) is 11.8 Å². The Morgan fingerprint density at radius 1 is 1.12 bits per heavy atom. The van der Waals surface area contributed by atoms with E-state index in [0.29, 0.717) is 14.4 Å². The van der Waals surface area contributed by atoms with Gasteiger partial charge in [-0.3, -0.25) is 14.9 Å². The number of benzene rings is 1. The molecule has 4 amide bonds. The van der Waals surface area contributed by atoms with Crippen LogP contribution < -0.4 is 16.4 Å². The van der Waals surface area contributed by atoms with E-state index in [2.05, 4.69) is 20.8 Å². The van der Waals surface area contributed by atoms with Crippen molar-refractivity contribution >= 4 is 58.4 Å². The quantitative estimate of drug-likeness (QED) is 0.596. The van der Waals surface area contributed by atoms with Crippen molar-refractivity contribution in [1.82, 2.24) is 15.5 Å². The molecule has 0 aliphatic rings. The zero-order valence-corrected chi connectivity index (χ0v) is 16.5. The molecule has 0 atom stereocenters. The van der Waals surface area contributed by atoms with E-state index >= 15 is 0 Å². The van der Waals surface area contributed by atoms with E-state index in [1.54, 1.807) is 6.07 Å². The van der Waals surface area contributed by atoms with E-state index in [1.807, 2.05) is 26.0 Å². The molecule has 11 heteroatoms. The van der Waals surface area contributed by atoms with Crippen molar-refractivity contribution in [3.8, 4) is 0 Å². The number of rotatable bonds is 7. The summed E-state index contributed by atoms with van der Waals surface area (Å²) >= 11 is 3.61. The number of primary amides is 1. The van der Waals surface area contributed by atoms with Crippen LogP contribution in [0.15, 0.2) is 26.9 Å². The predicted molar refractivity (Wildman–Crippen MR) is 104 cm³/mol.